The molecule has 1 unspecified atom stereocenters. The Hall–Kier alpha value is -3.48. The molecule has 0 spiro atoms. The van der Waals surface area contributed by atoms with Crippen molar-refractivity contribution in [2.75, 3.05) is 38.7 Å². The summed E-state index contributed by atoms with van der Waals surface area (Å²) in [6.45, 7) is 0.849. The number of para-hydroxylation sites is 1. The van der Waals surface area contributed by atoms with E-state index in [1.807, 2.05) is 29.8 Å². The van der Waals surface area contributed by atoms with Gasteiger partial charge in [0.1, 0.15) is 22.5 Å². The Morgan fingerprint density at radius 1 is 1.21 bits per heavy atom. The first-order chi connectivity index (χ1) is 16.3. The number of rotatable bonds is 8. The SMILES string of the molecule is COc1ccccc1C(Nc1ccc([N+](=O)[O-])cc1S(=O)(=O)N1CCOCC1)c1nccn1C. The monoisotopic (exact) mass is 487 g/mol. The fourth-order valence-electron chi connectivity index (χ4n) is 3.88. The fraction of sp³-hybridized carbons (Fsp3) is 0.318. The number of sulfonamides is 1. The first-order valence-corrected chi connectivity index (χ1v) is 12.0. The highest BCUT2D eigenvalue weighted by Crippen LogP contribution is 2.36. The molecule has 3 aromatic rings. The molecule has 0 saturated carbocycles. The molecule has 1 aromatic heterocycles. The fourth-order valence-corrected chi connectivity index (χ4v) is 5.46. The normalized spacial score (nSPS) is 15.6. The molecule has 0 amide bonds. The molecular weight excluding hydrogens is 462 g/mol. The molecule has 1 atom stereocenters. The van der Waals surface area contributed by atoms with Crippen LogP contribution in [0.2, 0.25) is 0 Å². The molecule has 34 heavy (non-hydrogen) atoms. The highest BCUT2D eigenvalue weighted by Gasteiger charge is 2.32. The number of hydrogen-bond donors (Lipinski definition) is 1. The maximum Gasteiger partial charge on any atom is 0.270 e. The van der Waals surface area contributed by atoms with E-state index in [1.165, 1.54) is 16.4 Å². The van der Waals surface area contributed by atoms with Crippen molar-refractivity contribution in [1.82, 2.24) is 13.9 Å². The van der Waals surface area contributed by atoms with Crippen LogP contribution in [0.5, 0.6) is 5.75 Å². The number of non-ortho nitro benzene ring substituents is 1. The lowest BCUT2D eigenvalue weighted by Gasteiger charge is -2.28. The molecule has 0 radical (unpaired) electrons. The zero-order chi connectivity index (χ0) is 24.3. The van der Waals surface area contributed by atoms with E-state index >= 15 is 0 Å². The van der Waals surface area contributed by atoms with Crippen LogP contribution in [-0.2, 0) is 21.8 Å². The third-order valence-electron chi connectivity index (χ3n) is 5.63. The molecule has 0 bridgehead atoms. The third-order valence-corrected chi connectivity index (χ3v) is 7.57. The number of aryl methyl sites for hydroxylation is 1. The van der Waals surface area contributed by atoms with Gasteiger partial charge in [0.2, 0.25) is 10.0 Å². The molecule has 1 aliphatic heterocycles. The summed E-state index contributed by atoms with van der Waals surface area (Å²) in [4.78, 5) is 15.1. The van der Waals surface area contributed by atoms with Crippen molar-refractivity contribution in [3.8, 4) is 5.75 Å². The number of methoxy groups -OCH3 is 1. The van der Waals surface area contributed by atoms with Crippen molar-refractivity contribution in [3.05, 3.63) is 76.4 Å². The third kappa shape index (κ3) is 4.60. The predicted octanol–water partition coefficient (Wildman–Crippen LogP) is 2.56. The van der Waals surface area contributed by atoms with Crippen LogP contribution in [0.3, 0.4) is 0 Å². The smallest absolute Gasteiger partial charge is 0.270 e. The molecule has 2 heterocycles. The Balaban J connectivity index is 1.85. The first-order valence-electron chi connectivity index (χ1n) is 10.6. The Bertz CT molecular complexity index is 1290. The molecule has 1 fully saturated rings. The molecule has 1 N–H and O–H groups in total. The van der Waals surface area contributed by atoms with Crippen molar-refractivity contribution in [2.24, 2.45) is 7.05 Å². The van der Waals surface area contributed by atoms with Gasteiger partial charge in [-0.15, -0.1) is 0 Å². The van der Waals surface area contributed by atoms with Crippen molar-refractivity contribution in [3.63, 3.8) is 0 Å². The maximum atomic E-state index is 13.5. The van der Waals surface area contributed by atoms with Crippen LogP contribution in [0.4, 0.5) is 11.4 Å². The van der Waals surface area contributed by atoms with Crippen molar-refractivity contribution in [2.45, 2.75) is 10.9 Å². The zero-order valence-corrected chi connectivity index (χ0v) is 19.6. The number of morpholine rings is 1. The molecule has 180 valence electrons. The number of hydrogen-bond acceptors (Lipinski definition) is 8. The summed E-state index contributed by atoms with van der Waals surface area (Å²) in [7, 11) is -0.666. The lowest BCUT2D eigenvalue weighted by Crippen LogP contribution is -2.40. The average molecular weight is 488 g/mol. The van der Waals surface area contributed by atoms with Crippen LogP contribution >= 0.6 is 0 Å². The number of benzene rings is 2. The van der Waals surface area contributed by atoms with Gasteiger partial charge < -0.3 is 19.4 Å². The molecule has 4 rings (SSSR count). The van der Waals surface area contributed by atoms with Crippen molar-refractivity contribution >= 4 is 21.4 Å². The number of nitrogens with zero attached hydrogens (tertiary/aromatic N) is 4. The van der Waals surface area contributed by atoms with E-state index in [1.54, 1.807) is 25.6 Å². The minimum Gasteiger partial charge on any atom is -0.496 e. The topological polar surface area (TPSA) is 129 Å². The van der Waals surface area contributed by atoms with Crippen LogP contribution in [0.1, 0.15) is 17.4 Å². The van der Waals surface area contributed by atoms with Gasteiger partial charge in [0, 0.05) is 50.2 Å². The van der Waals surface area contributed by atoms with Crippen molar-refractivity contribution in [1.29, 1.82) is 0 Å². The summed E-state index contributed by atoms with van der Waals surface area (Å²) >= 11 is 0. The minimum absolute atomic E-state index is 0.166. The maximum absolute atomic E-state index is 13.5. The molecular formula is C22H25N5O6S. The number of nitro groups is 1. The highest BCUT2D eigenvalue weighted by molar-refractivity contribution is 7.89. The standard InChI is InChI=1S/C22H25N5O6S/c1-25-10-9-23-22(25)21(17-5-3-4-6-19(17)32-2)24-18-8-7-16(27(28)29)15-20(18)34(30,31)26-11-13-33-14-12-26/h3-10,15,21,24H,11-14H2,1-2H3. The molecule has 0 aliphatic carbocycles. The van der Waals surface area contributed by atoms with Gasteiger partial charge in [-0.3, -0.25) is 10.1 Å². The largest absolute Gasteiger partial charge is 0.496 e. The Morgan fingerprint density at radius 3 is 2.59 bits per heavy atom. The van der Waals surface area contributed by atoms with Crippen LogP contribution in [0, 0.1) is 10.1 Å². The van der Waals surface area contributed by atoms with E-state index in [0.717, 1.165) is 11.6 Å². The summed E-state index contributed by atoms with van der Waals surface area (Å²) in [5, 5.41) is 14.7. The van der Waals surface area contributed by atoms with E-state index in [-0.39, 0.29) is 42.6 Å². The number of nitrogens with one attached hydrogen (secondary N) is 1. The lowest BCUT2D eigenvalue weighted by atomic mass is 10.0. The Labute approximate surface area is 197 Å². The van der Waals surface area contributed by atoms with E-state index in [9.17, 15) is 18.5 Å². The second kappa shape index (κ2) is 9.79. The number of aromatic nitrogens is 2. The van der Waals surface area contributed by atoms with E-state index in [2.05, 4.69) is 10.3 Å². The van der Waals surface area contributed by atoms with Crippen molar-refractivity contribution < 1.29 is 22.8 Å². The van der Waals surface area contributed by atoms with Gasteiger partial charge in [0.25, 0.3) is 5.69 Å². The predicted molar refractivity (Wildman–Crippen MR) is 124 cm³/mol. The van der Waals surface area contributed by atoms with Gasteiger partial charge in [0.15, 0.2) is 0 Å². The summed E-state index contributed by atoms with van der Waals surface area (Å²) < 4.78 is 41.0. The first kappa shape index (κ1) is 23.7. The second-order valence-corrected chi connectivity index (χ2v) is 9.58. The van der Waals surface area contributed by atoms with Crippen LogP contribution in [-0.4, -0.2) is 60.6 Å². The second-order valence-electron chi connectivity index (χ2n) is 7.67. The van der Waals surface area contributed by atoms with Gasteiger partial charge in [-0.25, -0.2) is 13.4 Å². The van der Waals surface area contributed by atoms with Gasteiger partial charge in [0.05, 0.1) is 30.9 Å². The van der Waals surface area contributed by atoms with E-state index in [4.69, 9.17) is 9.47 Å². The molecule has 2 aromatic carbocycles. The van der Waals surface area contributed by atoms with Gasteiger partial charge in [-0.05, 0) is 12.1 Å². The molecule has 12 heteroatoms. The zero-order valence-electron chi connectivity index (χ0n) is 18.7. The van der Waals surface area contributed by atoms with Crippen LogP contribution < -0.4 is 10.1 Å². The quantitative estimate of drug-likeness (QED) is 0.379. The molecule has 11 nitrogen and oxygen atoms in total. The average Bonchev–Trinajstić information content (AvgIpc) is 3.28. The van der Waals surface area contributed by atoms with E-state index in [0.29, 0.717) is 11.6 Å². The molecule has 1 saturated heterocycles. The number of nitro benzene ring substituents is 1. The Kier molecular flexibility index (Phi) is 6.82. The highest BCUT2D eigenvalue weighted by atomic mass is 32.2. The molecule has 1 aliphatic rings. The van der Waals surface area contributed by atoms with E-state index < -0.39 is 21.0 Å². The summed E-state index contributed by atoms with van der Waals surface area (Å²) in [6.07, 6.45) is 3.42. The number of anilines is 1. The van der Waals surface area contributed by atoms with Gasteiger partial charge in [-0.2, -0.15) is 4.31 Å². The van der Waals surface area contributed by atoms with Gasteiger partial charge in [-0.1, -0.05) is 18.2 Å². The Morgan fingerprint density at radius 2 is 1.94 bits per heavy atom. The summed E-state index contributed by atoms with van der Waals surface area (Å²) in [5.41, 5.74) is 0.631. The van der Waals surface area contributed by atoms with Gasteiger partial charge >= 0.3 is 0 Å². The minimum atomic E-state index is -4.04. The van der Waals surface area contributed by atoms with Crippen LogP contribution in [0.25, 0.3) is 0 Å². The van der Waals surface area contributed by atoms with Crippen LogP contribution in [0.15, 0.2) is 59.8 Å². The summed E-state index contributed by atoms with van der Waals surface area (Å²) in [5.74, 6) is 1.19. The lowest BCUT2D eigenvalue weighted by molar-refractivity contribution is -0.385. The number of ether oxygens (including phenoxy) is 2. The number of imidazole rings is 1. The summed E-state index contributed by atoms with van der Waals surface area (Å²) in [6, 6.07) is 10.5.